The van der Waals surface area contributed by atoms with Crippen molar-refractivity contribution in [3.05, 3.63) is 18.2 Å². The topological polar surface area (TPSA) is 130 Å². The SMILES string of the molecule is N.O=S(=O)(O)c1cc(O)ccc1O. The molecule has 0 amide bonds. The molecule has 0 aliphatic heterocycles. The van der Waals surface area contributed by atoms with Crippen molar-refractivity contribution in [3.8, 4) is 11.5 Å². The van der Waals surface area contributed by atoms with Crippen molar-refractivity contribution in [1.82, 2.24) is 6.15 Å². The van der Waals surface area contributed by atoms with Gasteiger partial charge < -0.3 is 16.4 Å². The van der Waals surface area contributed by atoms with E-state index in [2.05, 4.69) is 0 Å². The lowest BCUT2D eigenvalue weighted by Gasteiger charge is -2.00. The third-order valence-electron chi connectivity index (χ3n) is 1.22. The average molecular weight is 207 g/mol. The van der Waals surface area contributed by atoms with Crippen LogP contribution in [-0.2, 0) is 10.1 Å². The Hall–Kier alpha value is -1.31. The van der Waals surface area contributed by atoms with Gasteiger partial charge in [0.15, 0.2) is 0 Å². The Morgan fingerprint density at radius 1 is 1.15 bits per heavy atom. The number of aromatic hydroxyl groups is 2. The van der Waals surface area contributed by atoms with E-state index in [0.717, 1.165) is 18.2 Å². The maximum atomic E-state index is 10.5. The highest BCUT2D eigenvalue weighted by Gasteiger charge is 2.15. The van der Waals surface area contributed by atoms with E-state index in [4.69, 9.17) is 14.8 Å². The predicted octanol–water partition coefficient (Wildman–Crippen LogP) is 0.507. The van der Waals surface area contributed by atoms with E-state index in [1.54, 1.807) is 0 Å². The second-order valence-corrected chi connectivity index (χ2v) is 3.52. The first-order valence-electron chi connectivity index (χ1n) is 2.91. The fourth-order valence-electron chi connectivity index (χ4n) is 0.709. The van der Waals surface area contributed by atoms with Crippen LogP contribution in [0.3, 0.4) is 0 Å². The zero-order valence-corrected chi connectivity index (χ0v) is 7.32. The van der Waals surface area contributed by atoms with Crippen LogP contribution in [-0.4, -0.2) is 23.2 Å². The molecule has 1 rings (SSSR count). The molecule has 0 aliphatic carbocycles. The van der Waals surface area contributed by atoms with Gasteiger partial charge in [0, 0.05) is 6.07 Å². The molecular formula is C6H9NO5S. The molecule has 6 N–H and O–H groups in total. The maximum Gasteiger partial charge on any atom is 0.298 e. The summed E-state index contributed by atoms with van der Waals surface area (Å²) in [5.41, 5.74) is 0. The Morgan fingerprint density at radius 2 is 1.69 bits per heavy atom. The van der Waals surface area contributed by atoms with Crippen molar-refractivity contribution in [1.29, 1.82) is 0 Å². The van der Waals surface area contributed by atoms with E-state index in [1.165, 1.54) is 0 Å². The summed E-state index contributed by atoms with van der Waals surface area (Å²) >= 11 is 0. The minimum atomic E-state index is -4.47. The van der Waals surface area contributed by atoms with Gasteiger partial charge in [0.1, 0.15) is 16.4 Å². The Labute approximate surface area is 74.8 Å². The molecule has 0 aromatic heterocycles. The highest BCUT2D eigenvalue weighted by Crippen LogP contribution is 2.25. The first-order valence-corrected chi connectivity index (χ1v) is 4.35. The number of phenols is 2. The molecule has 1 aromatic rings. The summed E-state index contributed by atoms with van der Waals surface area (Å²) in [4.78, 5) is -0.706. The van der Waals surface area contributed by atoms with Crippen molar-refractivity contribution in [2.75, 3.05) is 0 Å². The second kappa shape index (κ2) is 3.60. The fourth-order valence-corrected chi connectivity index (χ4v) is 1.31. The van der Waals surface area contributed by atoms with E-state index in [0.29, 0.717) is 0 Å². The van der Waals surface area contributed by atoms with Crippen LogP contribution in [0.5, 0.6) is 11.5 Å². The number of hydrogen-bond acceptors (Lipinski definition) is 5. The molecule has 0 fully saturated rings. The summed E-state index contributed by atoms with van der Waals surface area (Å²) in [5, 5.41) is 17.7. The molecule has 0 unspecified atom stereocenters. The van der Waals surface area contributed by atoms with Gasteiger partial charge in [0.05, 0.1) is 0 Å². The van der Waals surface area contributed by atoms with Gasteiger partial charge in [-0.15, -0.1) is 0 Å². The lowest BCUT2D eigenvalue weighted by atomic mass is 10.3. The summed E-state index contributed by atoms with van der Waals surface area (Å²) in [6.45, 7) is 0. The van der Waals surface area contributed by atoms with Crippen LogP contribution in [0, 0.1) is 0 Å². The lowest BCUT2D eigenvalue weighted by molar-refractivity contribution is 0.433. The van der Waals surface area contributed by atoms with Gasteiger partial charge in [-0.05, 0) is 12.1 Å². The van der Waals surface area contributed by atoms with Crippen molar-refractivity contribution >= 4 is 10.1 Å². The average Bonchev–Trinajstić information content (AvgIpc) is 1.92. The summed E-state index contributed by atoms with van der Waals surface area (Å²) < 4.78 is 29.5. The normalized spacial score (nSPS) is 10.5. The molecule has 74 valence electrons. The molecule has 0 spiro atoms. The molecule has 0 atom stereocenters. The molecule has 1 aromatic carbocycles. The smallest absolute Gasteiger partial charge is 0.298 e. The van der Waals surface area contributed by atoms with Crippen molar-refractivity contribution in [2.45, 2.75) is 4.90 Å². The molecule has 0 saturated heterocycles. The third-order valence-corrected chi connectivity index (χ3v) is 2.10. The molecule has 6 nitrogen and oxygen atoms in total. The van der Waals surface area contributed by atoms with Gasteiger partial charge >= 0.3 is 0 Å². The quantitative estimate of drug-likeness (QED) is 0.392. The minimum absolute atomic E-state index is 0. The Bertz CT molecular complexity index is 399. The molecule has 0 bridgehead atoms. The summed E-state index contributed by atoms with van der Waals surface area (Å²) in [6.07, 6.45) is 0. The number of hydrogen-bond donors (Lipinski definition) is 4. The molecule has 13 heavy (non-hydrogen) atoms. The number of rotatable bonds is 1. The van der Waals surface area contributed by atoms with Crippen LogP contribution in [0.4, 0.5) is 0 Å². The first kappa shape index (κ1) is 11.7. The predicted molar refractivity (Wildman–Crippen MR) is 44.6 cm³/mol. The van der Waals surface area contributed by atoms with E-state index in [1.807, 2.05) is 0 Å². The summed E-state index contributed by atoms with van der Waals surface area (Å²) in [6, 6.07) is 2.83. The first-order chi connectivity index (χ1) is 5.41. The van der Waals surface area contributed by atoms with Crippen LogP contribution in [0.15, 0.2) is 23.1 Å². The summed E-state index contributed by atoms with van der Waals surface area (Å²) in [7, 11) is -4.47. The summed E-state index contributed by atoms with van der Waals surface area (Å²) in [5.74, 6) is -0.948. The van der Waals surface area contributed by atoms with E-state index in [-0.39, 0.29) is 11.9 Å². The van der Waals surface area contributed by atoms with Crippen LogP contribution >= 0.6 is 0 Å². The molecule has 0 heterocycles. The molecule has 7 heteroatoms. The van der Waals surface area contributed by atoms with Gasteiger partial charge in [-0.1, -0.05) is 0 Å². The monoisotopic (exact) mass is 207 g/mol. The zero-order chi connectivity index (χ0) is 9.35. The third kappa shape index (κ3) is 2.58. The fraction of sp³-hybridized carbons (Fsp3) is 0. The number of benzene rings is 1. The Kier molecular flexibility index (Phi) is 3.24. The molecular weight excluding hydrogens is 198 g/mol. The van der Waals surface area contributed by atoms with Crippen molar-refractivity contribution in [2.24, 2.45) is 0 Å². The van der Waals surface area contributed by atoms with Crippen LogP contribution < -0.4 is 6.15 Å². The molecule has 0 aliphatic rings. The van der Waals surface area contributed by atoms with Crippen LogP contribution in [0.25, 0.3) is 0 Å². The maximum absolute atomic E-state index is 10.5. The van der Waals surface area contributed by atoms with E-state index < -0.39 is 20.8 Å². The molecule has 0 radical (unpaired) electrons. The van der Waals surface area contributed by atoms with Crippen LogP contribution in [0.2, 0.25) is 0 Å². The molecule has 0 saturated carbocycles. The van der Waals surface area contributed by atoms with Gasteiger partial charge in [-0.25, -0.2) is 0 Å². The largest absolute Gasteiger partial charge is 0.508 e. The van der Waals surface area contributed by atoms with E-state index in [9.17, 15) is 8.42 Å². The number of phenolic OH excluding ortho intramolecular Hbond substituents is 2. The lowest BCUT2D eigenvalue weighted by Crippen LogP contribution is -1.97. The highest BCUT2D eigenvalue weighted by molar-refractivity contribution is 7.86. The van der Waals surface area contributed by atoms with Crippen molar-refractivity contribution < 1.29 is 23.2 Å². The Morgan fingerprint density at radius 3 is 2.08 bits per heavy atom. The van der Waals surface area contributed by atoms with Crippen LogP contribution in [0.1, 0.15) is 0 Å². The van der Waals surface area contributed by atoms with E-state index >= 15 is 0 Å². The van der Waals surface area contributed by atoms with Gasteiger partial charge in [-0.3, -0.25) is 4.55 Å². The minimum Gasteiger partial charge on any atom is -0.508 e. The van der Waals surface area contributed by atoms with Gasteiger partial charge in [0.2, 0.25) is 0 Å². The van der Waals surface area contributed by atoms with Gasteiger partial charge in [-0.2, -0.15) is 8.42 Å². The van der Waals surface area contributed by atoms with Crippen molar-refractivity contribution in [3.63, 3.8) is 0 Å². The highest BCUT2D eigenvalue weighted by atomic mass is 32.2. The van der Waals surface area contributed by atoms with Gasteiger partial charge in [0.25, 0.3) is 10.1 Å². The standard InChI is InChI=1S/C6H6O5S.H3N/c7-4-1-2-5(8)6(3-4)12(9,10)11;/h1-3,7-8H,(H,9,10,11);1H3. The Balaban J connectivity index is 0.00000144. The second-order valence-electron chi connectivity index (χ2n) is 2.13. The zero-order valence-electron chi connectivity index (χ0n) is 6.51.